The summed E-state index contributed by atoms with van der Waals surface area (Å²) in [6.45, 7) is -1.91. The van der Waals surface area contributed by atoms with Crippen molar-refractivity contribution < 1.29 is 185 Å². The number of fused-ring (bicyclic) bond motifs is 2. The Morgan fingerprint density at radius 2 is 0.859 bits per heavy atom. The summed E-state index contributed by atoms with van der Waals surface area (Å²) in [4.78, 5) is 94.5. The molecular weight excluding hydrogens is 1030 g/mol. The van der Waals surface area contributed by atoms with E-state index >= 15 is 0 Å². The number of phosphoric ester groups is 2. The third-order valence-electron chi connectivity index (χ3n) is 7.63. The Morgan fingerprint density at radius 3 is 1.17 bits per heavy atom. The van der Waals surface area contributed by atoms with E-state index in [9.17, 15) is 57.6 Å². The molecule has 44 heteroatoms. The first-order valence-corrected chi connectivity index (χ1v) is 24.9. The molecule has 6 heterocycles. The minimum atomic E-state index is -5.70. The minimum Gasteiger partial charge on any atom is -1.00 e. The molecule has 2 aliphatic rings. The van der Waals surface area contributed by atoms with Crippen LogP contribution < -0.4 is 70.6 Å². The van der Waals surface area contributed by atoms with Gasteiger partial charge in [0.15, 0.2) is 35.4 Å². The molecule has 2 aliphatic heterocycles. The van der Waals surface area contributed by atoms with E-state index in [-0.39, 0.29) is 95.9 Å². The van der Waals surface area contributed by atoms with Crippen LogP contribution >= 0.6 is 46.9 Å². The number of phosphoric acid groups is 6. The number of nitrogens with two attached hydrogens (primary N) is 2. The third-order valence-corrected chi connectivity index (χ3v) is 15.2. The molecule has 2 fully saturated rings. The second-order valence-electron chi connectivity index (χ2n) is 12.0. The normalized spacial score (nSPS) is 27.6. The van der Waals surface area contributed by atoms with E-state index in [2.05, 4.69) is 56.2 Å². The first-order chi connectivity index (χ1) is 28.4. The van der Waals surface area contributed by atoms with Gasteiger partial charge in [-0.3, -0.25) is 18.2 Å². The first-order valence-electron chi connectivity index (χ1n) is 15.8. The van der Waals surface area contributed by atoms with Gasteiger partial charge in [-0.25, -0.2) is 57.3 Å². The van der Waals surface area contributed by atoms with Crippen LogP contribution in [0.1, 0.15) is 15.3 Å². The van der Waals surface area contributed by atoms with Gasteiger partial charge >= 0.3 is 106 Å². The van der Waals surface area contributed by atoms with Gasteiger partial charge in [0, 0.05) is 0 Å². The molecule has 0 saturated carbocycles. The Bertz CT molecular complexity index is 2410. The summed E-state index contributed by atoms with van der Waals surface area (Å²) < 4.78 is 104. The largest absolute Gasteiger partial charge is 1.00 e. The fourth-order valence-corrected chi connectivity index (χ4v) is 11.3. The van der Waals surface area contributed by atoms with Gasteiger partial charge in [0.2, 0.25) is 0 Å². The maximum atomic E-state index is 11.8. The molecule has 16 N–H and O–H groups in total. The molecule has 0 bridgehead atoms. The predicted octanol–water partition coefficient (Wildman–Crippen LogP) is -9.03. The van der Waals surface area contributed by atoms with Crippen LogP contribution in [-0.4, -0.2) is 148 Å². The predicted molar refractivity (Wildman–Crippen MR) is 193 cm³/mol. The molecule has 4 unspecified atom stereocenters. The molecule has 4 aromatic heterocycles. The average Bonchev–Trinajstić information content (AvgIpc) is 3.86. The summed E-state index contributed by atoms with van der Waals surface area (Å²) in [5.74, 6) is 0.0852. The van der Waals surface area contributed by atoms with Crippen molar-refractivity contribution in [1.29, 1.82) is 0 Å². The smallest absolute Gasteiger partial charge is 1.00 e. The van der Waals surface area contributed by atoms with Gasteiger partial charge in [-0.15, -0.1) is 0 Å². The van der Waals surface area contributed by atoms with Crippen molar-refractivity contribution in [2.75, 3.05) is 24.7 Å². The van der Waals surface area contributed by atoms with Crippen molar-refractivity contribution in [3.05, 3.63) is 25.3 Å². The third kappa shape index (κ3) is 15.1. The molecule has 0 spiro atoms. The molecule has 0 aliphatic carbocycles. The summed E-state index contributed by atoms with van der Waals surface area (Å²) in [6, 6.07) is 0. The fourth-order valence-electron chi connectivity index (χ4n) is 5.25. The number of hydrogen-bond donors (Lipinski definition) is 14. The Balaban J connectivity index is 0.000000622. The van der Waals surface area contributed by atoms with Gasteiger partial charge in [-0.2, -0.15) is 17.2 Å². The monoisotopic (exact) mass is 1060 g/mol. The average molecular weight is 1060 g/mol. The Hall–Kier alpha value is -0.720. The van der Waals surface area contributed by atoms with Gasteiger partial charge in [0.25, 0.3) is 0 Å². The number of nitrogen functional groups attached to an aromatic ring is 2. The topological polar surface area (TPSA) is 558 Å². The van der Waals surface area contributed by atoms with E-state index in [1.54, 1.807) is 0 Å². The van der Waals surface area contributed by atoms with Crippen molar-refractivity contribution in [2.45, 2.75) is 49.1 Å². The summed E-state index contributed by atoms with van der Waals surface area (Å²) in [5.41, 5.74) is 12.0. The van der Waals surface area contributed by atoms with Crippen LogP contribution in [0.4, 0.5) is 11.6 Å². The Labute approximate surface area is 401 Å². The maximum Gasteiger partial charge on any atom is 1.00 e. The molecule has 2 saturated heterocycles. The quantitative estimate of drug-likeness (QED) is 0.0366. The van der Waals surface area contributed by atoms with Crippen molar-refractivity contribution >= 4 is 80.9 Å². The fraction of sp³-hybridized carbons (Fsp3) is 0.500. The molecule has 36 nitrogen and oxygen atoms in total. The SMILES string of the molecule is Nc1ncnc2c1ncn2[C@@H]1O[C@H](COP(=O)(O)OP(=O)(O)OP(=O)(O)O)[C@@H](O)[C@H]1O.Nc1ncnc2c1ncn2[C@@H]1O[C@H](COP(=O)(O)OP(=O)(O)OP(=O)(O)O)[C@@H](O)[C@H]1O.[H-].[H-].[Na+].[Na+]. The zero-order valence-corrected chi connectivity index (χ0v) is 41.2. The van der Waals surface area contributed by atoms with E-state index < -0.39 is 109 Å². The molecule has 4 aromatic rings. The van der Waals surface area contributed by atoms with Crippen LogP contribution in [0.3, 0.4) is 0 Å². The number of aliphatic hydroxyl groups is 4. The molecule has 352 valence electrons. The van der Waals surface area contributed by atoms with E-state index in [0.717, 1.165) is 12.7 Å². The van der Waals surface area contributed by atoms with Gasteiger partial charge in [-0.1, -0.05) is 0 Å². The van der Waals surface area contributed by atoms with Crippen molar-refractivity contribution in [2.24, 2.45) is 0 Å². The van der Waals surface area contributed by atoms with E-state index in [1.165, 1.54) is 21.8 Å². The number of anilines is 2. The first kappa shape index (κ1) is 57.6. The number of aliphatic hydroxyl groups excluding tert-OH is 4. The Kier molecular flexibility index (Phi) is 19.7. The van der Waals surface area contributed by atoms with Crippen LogP contribution in [0.25, 0.3) is 22.3 Å². The van der Waals surface area contributed by atoms with Crippen LogP contribution in [0.15, 0.2) is 25.3 Å². The van der Waals surface area contributed by atoms with Crippen LogP contribution in [0.5, 0.6) is 0 Å². The zero-order chi connectivity index (χ0) is 46.4. The maximum absolute atomic E-state index is 11.8. The van der Waals surface area contributed by atoms with Crippen LogP contribution in [-0.2, 0) is 63.2 Å². The Morgan fingerprint density at radius 1 is 0.531 bits per heavy atom. The molecule has 0 aromatic carbocycles. The van der Waals surface area contributed by atoms with Crippen molar-refractivity contribution in [1.82, 2.24) is 39.0 Å². The molecule has 12 atom stereocenters. The van der Waals surface area contributed by atoms with Gasteiger partial charge in [0.1, 0.15) is 60.3 Å². The molecule has 6 rings (SSSR count). The number of imidazole rings is 2. The standard InChI is InChI=1S/2C10H16N5O13P3.2Na.2H/c2*11-8-5-9(13-2-12-8)15(3-14-5)10-7(17)6(16)4(26-10)1-25-30(21,22)28-31(23,24)27-29(18,19)20;;;;/h2*2-4,6-7,10,16-17H,1H2,(H,21,22)(H,23,24)(H2,11,12,13)(H2,18,19,20);;;;/q;;2*+1;2*-1/t2*4-,6-,7-,10-;;;;/m11..../s1. The zero-order valence-electron chi connectivity index (χ0n) is 33.8. The van der Waals surface area contributed by atoms with Crippen LogP contribution in [0.2, 0.25) is 0 Å². The number of rotatable bonds is 16. The molecule has 64 heavy (non-hydrogen) atoms. The van der Waals surface area contributed by atoms with Gasteiger partial charge < -0.3 is 83.4 Å². The molecule has 0 radical (unpaired) electrons. The number of hydrogen-bond acceptors (Lipinski definition) is 26. The second kappa shape index (κ2) is 21.9. The van der Waals surface area contributed by atoms with E-state index in [1.807, 2.05) is 0 Å². The molecule has 0 amide bonds. The summed E-state index contributed by atoms with van der Waals surface area (Å²) in [7, 11) is -33.4. The number of aromatic nitrogens is 8. The van der Waals surface area contributed by atoms with Gasteiger partial charge in [0.05, 0.1) is 25.9 Å². The number of nitrogens with zero attached hydrogens (tertiary/aromatic N) is 8. The van der Waals surface area contributed by atoms with E-state index in [4.69, 9.17) is 50.3 Å². The summed E-state index contributed by atoms with van der Waals surface area (Å²) >= 11 is 0. The summed E-state index contributed by atoms with van der Waals surface area (Å²) in [5, 5.41) is 40.8. The van der Waals surface area contributed by atoms with Gasteiger partial charge in [-0.05, 0) is 0 Å². The van der Waals surface area contributed by atoms with Crippen molar-refractivity contribution in [3.8, 4) is 0 Å². The van der Waals surface area contributed by atoms with E-state index in [0.29, 0.717) is 0 Å². The van der Waals surface area contributed by atoms with Crippen LogP contribution in [0, 0.1) is 0 Å². The minimum absolute atomic E-state index is 0. The molecular formula is C20H34N10Na2O26P6. The second-order valence-corrected chi connectivity index (χ2v) is 20.9. The summed E-state index contributed by atoms with van der Waals surface area (Å²) in [6.07, 6.45) is -7.38. The van der Waals surface area contributed by atoms with Crippen molar-refractivity contribution in [3.63, 3.8) is 0 Å². The number of ether oxygens (including phenoxy) is 2.